The van der Waals surface area contributed by atoms with Crippen LogP contribution in [-0.2, 0) is 0 Å². The van der Waals surface area contributed by atoms with Crippen molar-refractivity contribution < 1.29 is 0 Å². The molecule has 2 rings (SSSR count). The molecule has 0 aliphatic carbocycles. The summed E-state index contributed by atoms with van der Waals surface area (Å²) in [6.07, 6.45) is 7.06. The highest BCUT2D eigenvalue weighted by Gasteiger charge is 2.26. The molecule has 0 radical (unpaired) electrons. The molecule has 0 saturated carbocycles. The lowest BCUT2D eigenvalue weighted by Crippen LogP contribution is -2.21. The standard InChI is InChI=1S/C9H15N3/c1-8-5-9(6-11(8)2)12-4-3-10-7-12/h3-4,7-9H,5-6H2,1-2H3/t8-,9+/m1/s1. The first-order valence-electron chi connectivity index (χ1n) is 4.45. The molecule has 1 aliphatic heterocycles. The van der Waals surface area contributed by atoms with Gasteiger partial charge in [0, 0.05) is 31.0 Å². The number of hydrogen-bond acceptors (Lipinski definition) is 2. The summed E-state index contributed by atoms with van der Waals surface area (Å²) in [5, 5.41) is 0. The Kier molecular flexibility index (Phi) is 1.89. The quantitative estimate of drug-likeness (QED) is 0.622. The number of likely N-dealkylation sites (N-methyl/N-ethyl adjacent to an activating group) is 1. The first-order valence-corrected chi connectivity index (χ1v) is 4.45. The number of imidazole rings is 1. The number of rotatable bonds is 1. The molecule has 0 unspecified atom stereocenters. The maximum Gasteiger partial charge on any atom is 0.0948 e. The lowest BCUT2D eigenvalue weighted by molar-refractivity contribution is 0.325. The largest absolute Gasteiger partial charge is 0.333 e. The average molecular weight is 165 g/mol. The summed E-state index contributed by atoms with van der Waals surface area (Å²) in [5.41, 5.74) is 0. The van der Waals surface area contributed by atoms with E-state index >= 15 is 0 Å². The van der Waals surface area contributed by atoms with Gasteiger partial charge in [-0.2, -0.15) is 0 Å². The first-order chi connectivity index (χ1) is 5.77. The van der Waals surface area contributed by atoms with Crippen LogP contribution in [0.15, 0.2) is 18.7 Å². The van der Waals surface area contributed by atoms with Gasteiger partial charge in [0.25, 0.3) is 0 Å². The predicted molar refractivity (Wildman–Crippen MR) is 48.0 cm³/mol. The lowest BCUT2D eigenvalue weighted by Gasteiger charge is -2.12. The van der Waals surface area contributed by atoms with Crippen LogP contribution < -0.4 is 0 Å². The Morgan fingerprint density at radius 2 is 2.33 bits per heavy atom. The highest BCUT2D eigenvalue weighted by atomic mass is 15.2. The van der Waals surface area contributed by atoms with E-state index in [0.29, 0.717) is 12.1 Å². The van der Waals surface area contributed by atoms with Crippen molar-refractivity contribution in [2.45, 2.75) is 25.4 Å². The van der Waals surface area contributed by atoms with Crippen LogP contribution in [0.5, 0.6) is 0 Å². The van der Waals surface area contributed by atoms with Crippen LogP contribution in [0.3, 0.4) is 0 Å². The smallest absolute Gasteiger partial charge is 0.0948 e. The zero-order chi connectivity index (χ0) is 8.55. The van der Waals surface area contributed by atoms with Gasteiger partial charge in [0.15, 0.2) is 0 Å². The van der Waals surface area contributed by atoms with E-state index in [1.54, 1.807) is 0 Å². The Morgan fingerprint density at radius 1 is 1.50 bits per heavy atom. The fraction of sp³-hybridized carbons (Fsp3) is 0.667. The van der Waals surface area contributed by atoms with Crippen molar-refractivity contribution in [1.29, 1.82) is 0 Å². The van der Waals surface area contributed by atoms with Gasteiger partial charge in [-0.15, -0.1) is 0 Å². The Balaban J connectivity index is 2.09. The number of likely N-dealkylation sites (tertiary alicyclic amines) is 1. The van der Waals surface area contributed by atoms with Gasteiger partial charge in [-0.3, -0.25) is 0 Å². The van der Waals surface area contributed by atoms with E-state index < -0.39 is 0 Å². The van der Waals surface area contributed by atoms with Crippen LogP contribution >= 0.6 is 0 Å². The zero-order valence-electron chi connectivity index (χ0n) is 7.64. The zero-order valence-corrected chi connectivity index (χ0v) is 7.64. The molecule has 1 aromatic rings. The minimum Gasteiger partial charge on any atom is -0.333 e. The molecule has 2 atom stereocenters. The summed E-state index contributed by atoms with van der Waals surface area (Å²) in [4.78, 5) is 6.45. The molecule has 1 fully saturated rings. The molecule has 12 heavy (non-hydrogen) atoms. The van der Waals surface area contributed by atoms with E-state index in [4.69, 9.17) is 0 Å². The van der Waals surface area contributed by atoms with Gasteiger partial charge in [-0.1, -0.05) is 0 Å². The molecule has 0 N–H and O–H groups in total. The van der Waals surface area contributed by atoms with E-state index in [0.717, 1.165) is 6.54 Å². The van der Waals surface area contributed by atoms with Gasteiger partial charge in [0.1, 0.15) is 0 Å². The molecule has 0 amide bonds. The van der Waals surface area contributed by atoms with Gasteiger partial charge < -0.3 is 9.47 Å². The summed E-state index contributed by atoms with van der Waals surface area (Å²) in [6, 6.07) is 1.34. The van der Waals surface area contributed by atoms with Crippen LogP contribution in [0.25, 0.3) is 0 Å². The summed E-state index contributed by atoms with van der Waals surface area (Å²) in [7, 11) is 2.18. The van der Waals surface area contributed by atoms with Crippen LogP contribution in [0.4, 0.5) is 0 Å². The normalized spacial score (nSPS) is 31.2. The Hall–Kier alpha value is -0.830. The van der Waals surface area contributed by atoms with E-state index in [-0.39, 0.29) is 0 Å². The van der Waals surface area contributed by atoms with Crippen LogP contribution in [-0.4, -0.2) is 34.1 Å². The van der Waals surface area contributed by atoms with Crippen LogP contribution in [0, 0.1) is 0 Å². The minimum atomic E-state index is 0.632. The molecular formula is C9H15N3. The highest BCUT2D eigenvalue weighted by molar-refractivity contribution is 4.88. The number of aromatic nitrogens is 2. The van der Waals surface area contributed by atoms with Crippen molar-refractivity contribution in [2.75, 3.05) is 13.6 Å². The fourth-order valence-corrected chi connectivity index (χ4v) is 1.86. The summed E-state index contributed by atoms with van der Waals surface area (Å²) >= 11 is 0. The summed E-state index contributed by atoms with van der Waals surface area (Å²) < 4.78 is 2.21. The molecule has 1 aliphatic rings. The second kappa shape index (κ2) is 2.90. The van der Waals surface area contributed by atoms with Crippen molar-refractivity contribution in [3.63, 3.8) is 0 Å². The molecule has 3 heteroatoms. The van der Waals surface area contributed by atoms with Crippen molar-refractivity contribution in [1.82, 2.24) is 14.5 Å². The Morgan fingerprint density at radius 3 is 2.83 bits per heavy atom. The second-order valence-electron chi connectivity index (χ2n) is 3.69. The molecular weight excluding hydrogens is 150 g/mol. The van der Waals surface area contributed by atoms with Gasteiger partial charge in [-0.05, 0) is 20.4 Å². The molecule has 3 nitrogen and oxygen atoms in total. The third-order valence-electron chi connectivity index (χ3n) is 2.81. The summed E-state index contributed by atoms with van der Waals surface area (Å²) in [5.74, 6) is 0. The van der Waals surface area contributed by atoms with Crippen LogP contribution in [0.2, 0.25) is 0 Å². The Labute approximate surface area is 73.0 Å². The van der Waals surface area contributed by atoms with Crippen molar-refractivity contribution in [3.05, 3.63) is 18.7 Å². The Bertz CT molecular complexity index is 232. The molecule has 0 bridgehead atoms. The first kappa shape index (κ1) is 7.80. The van der Waals surface area contributed by atoms with Gasteiger partial charge >= 0.3 is 0 Å². The predicted octanol–water partition coefficient (Wildman–Crippen LogP) is 1.15. The van der Waals surface area contributed by atoms with Gasteiger partial charge in [0.2, 0.25) is 0 Å². The SMILES string of the molecule is C[C@@H]1C[C@H](n2ccnc2)CN1C. The molecule has 1 saturated heterocycles. The van der Waals surface area contributed by atoms with Crippen molar-refractivity contribution in [3.8, 4) is 0 Å². The fourth-order valence-electron chi connectivity index (χ4n) is 1.86. The molecule has 66 valence electrons. The van der Waals surface area contributed by atoms with E-state index in [1.807, 2.05) is 12.5 Å². The third-order valence-corrected chi connectivity index (χ3v) is 2.81. The third kappa shape index (κ3) is 1.25. The van der Waals surface area contributed by atoms with Crippen molar-refractivity contribution in [2.24, 2.45) is 0 Å². The van der Waals surface area contributed by atoms with E-state index in [9.17, 15) is 0 Å². The molecule has 0 spiro atoms. The maximum atomic E-state index is 4.06. The number of hydrogen-bond donors (Lipinski definition) is 0. The van der Waals surface area contributed by atoms with Crippen LogP contribution in [0.1, 0.15) is 19.4 Å². The minimum absolute atomic E-state index is 0.632. The molecule has 1 aromatic heterocycles. The monoisotopic (exact) mass is 165 g/mol. The highest BCUT2D eigenvalue weighted by Crippen LogP contribution is 2.24. The number of nitrogens with zero attached hydrogens (tertiary/aromatic N) is 3. The van der Waals surface area contributed by atoms with E-state index in [2.05, 4.69) is 34.6 Å². The summed E-state index contributed by atoms with van der Waals surface area (Å²) in [6.45, 7) is 3.43. The maximum absolute atomic E-state index is 4.06. The van der Waals surface area contributed by atoms with Gasteiger partial charge in [-0.25, -0.2) is 4.98 Å². The topological polar surface area (TPSA) is 21.1 Å². The van der Waals surface area contributed by atoms with Gasteiger partial charge in [0.05, 0.1) is 6.33 Å². The molecule has 0 aromatic carbocycles. The second-order valence-corrected chi connectivity index (χ2v) is 3.69. The molecule has 2 heterocycles. The van der Waals surface area contributed by atoms with Crippen molar-refractivity contribution >= 4 is 0 Å². The van der Waals surface area contributed by atoms with E-state index in [1.165, 1.54) is 6.42 Å². The average Bonchev–Trinajstić information content (AvgIpc) is 2.61. The lowest BCUT2D eigenvalue weighted by atomic mass is 10.2.